The molecule has 0 amide bonds. The largest absolute Gasteiger partial charge is 0.494 e. The highest BCUT2D eigenvalue weighted by atomic mass is 19.1. The number of ether oxygens (including phenoxy) is 1. The average molecular weight is 391 g/mol. The molecule has 1 N–H and O–H groups in total. The predicted molar refractivity (Wildman–Crippen MR) is 108 cm³/mol. The zero-order chi connectivity index (χ0) is 20.4. The van der Waals surface area contributed by atoms with E-state index in [1.165, 1.54) is 24.1 Å². The number of hydrogen-bond acceptors (Lipinski definition) is 6. The van der Waals surface area contributed by atoms with Crippen molar-refractivity contribution in [3.63, 3.8) is 0 Å². The van der Waals surface area contributed by atoms with Crippen molar-refractivity contribution in [2.24, 2.45) is 7.05 Å². The van der Waals surface area contributed by atoms with Crippen molar-refractivity contribution in [2.75, 3.05) is 12.4 Å². The van der Waals surface area contributed by atoms with Crippen LogP contribution < -0.4 is 15.6 Å². The first-order valence-corrected chi connectivity index (χ1v) is 8.90. The number of anilines is 1. The number of halogens is 1. The van der Waals surface area contributed by atoms with E-state index >= 15 is 0 Å². The van der Waals surface area contributed by atoms with Gasteiger partial charge in [0.25, 0.3) is 5.56 Å². The molecule has 146 valence electrons. The first-order chi connectivity index (χ1) is 14.1. The van der Waals surface area contributed by atoms with Gasteiger partial charge in [0.15, 0.2) is 11.6 Å². The highest BCUT2D eigenvalue weighted by Crippen LogP contribution is 2.29. The molecule has 0 spiro atoms. The summed E-state index contributed by atoms with van der Waals surface area (Å²) in [7, 11) is 3.04. The van der Waals surface area contributed by atoms with Crippen LogP contribution in [0.5, 0.6) is 5.75 Å². The second kappa shape index (κ2) is 7.67. The van der Waals surface area contributed by atoms with Gasteiger partial charge in [0.1, 0.15) is 11.2 Å². The van der Waals surface area contributed by atoms with Gasteiger partial charge in [-0.1, -0.05) is 0 Å². The fourth-order valence-corrected chi connectivity index (χ4v) is 3.00. The van der Waals surface area contributed by atoms with Crippen molar-refractivity contribution in [3.05, 3.63) is 76.9 Å². The minimum atomic E-state index is -0.458. The first-order valence-electron chi connectivity index (χ1n) is 8.90. The minimum absolute atomic E-state index is 0.118. The Morgan fingerprint density at radius 3 is 2.72 bits per heavy atom. The highest BCUT2D eigenvalue weighted by molar-refractivity contribution is 5.91. The van der Waals surface area contributed by atoms with Crippen LogP contribution in [0.3, 0.4) is 0 Å². The molecule has 0 unspecified atom stereocenters. The quantitative estimate of drug-likeness (QED) is 0.563. The average Bonchev–Trinajstić information content (AvgIpc) is 2.75. The van der Waals surface area contributed by atoms with Gasteiger partial charge in [0, 0.05) is 31.5 Å². The molecule has 1 aromatic carbocycles. The van der Waals surface area contributed by atoms with Crippen LogP contribution in [0.1, 0.15) is 5.56 Å². The molecule has 0 fully saturated rings. The molecule has 0 bridgehead atoms. The normalized spacial score (nSPS) is 10.9. The number of aryl methyl sites for hydroxylation is 1. The van der Waals surface area contributed by atoms with Gasteiger partial charge >= 0.3 is 0 Å². The molecule has 3 aromatic heterocycles. The lowest BCUT2D eigenvalue weighted by molar-refractivity contribution is 0.387. The molecule has 0 aliphatic heterocycles. The van der Waals surface area contributed by atoms with Crippen LogP contribution in [0.25, 0.3) is 22.2 Å². The summed E-state index contributed by atoms with van der Waals surface area (Å²) < 4.78 is 20.3. The van der Waals surface area contributed by atoms with Crippen molar-refractivity contribution in [1.82, 2.24) is 19.5 Å². The van der Waals surface area contributed by atoms with E-state index < -0.39 is 5.82 Å². The van der Waals surface area contributed by atoms with Crippen molar-refractivity contribution in [3.8, 4) is 17.0 Å². The standard InChI is InChI=1S/C21H18FN5O2/c1-27-12-25-17-10-16(14-3-4-15(22)18(9-14)29-2)26-20(19(17)21(27)28)24-11-13-5-7-23-8-6-13/h3-10,12H,11H2,1-2H3,(H,24,26). The molecule has 4 rings (SSSR count). The number of benzene rings is 1. The van der Waals surface area contributed by atoms with Crippen molar-refractivity contribution >= 4 is 16.7 Å². The Kier molecular flexibility index (Phi) is 4.90. The summed E-state index contributed by atoms with van der Waals surface area (Å²) in [5.41, 5.74) is 2.49. The van der Waals surface area contributed by atoms with Crippen molar-refractivity contribution in [1.29, 1.82) is 0 Å². The molecule has 7 nitrogen and oxygen atoms in total. The molecule has 3 heterocycles. The van der Waals surface area contributed by atoms with Gasteiger partial charge in [-0.05, 0) is 42.0 Å². The van der Waals surface area contributed by atoms with E-state index in [1.807, 2.05) is 12.1 Å². The van der Waals surface area contributed by atoms with E-state index in [9.17, 15) is 9.18 Å². The summed E-state index contributed by atoms with van der Waals surface area (Å²) >= 11 is 0. The summed E-state index contributed by atoms with van der Waals surface area (Å²) in [6, 6.07) is 9.96. The molecule has 0 atom stereocenters. The Bertz CT molecular complexity index is 1240. The zero-order valence-corrected chi connectivity index (χ0v) is 15.9. The SMILES string of the molecule is COc1cc(-c2cc3ncn(C)c(=O)c3c(NCc3ccncc3)n2)ccc1F. The van der Waals surface area contributed by atoms with Crippen LogP contribution in [-0.2, 0) is 13.6 Å². The maximum atomic E-state index is 13.8. The Morgan fingerprint density at radius 2 is 1.97 bits per heavy atom. The Labute approximate surface area is 165 Å². The maximum Gasteiger partial charge on any atom is 0.264 e. The number of pyridine rings is 2. The third-order valence-corrected chi connectivity index (χ3v) is 4.56. The summed E-state index contributed by atoms with van der Waals surface area (Å²) in [5, 5.41) is 3.62. The van der Waals surface area contributed by atoms with E-state index in [0.717, 1.165) is 5.56 Å². The third kappa shape index (κ3) is 3.64. The number of hydrogen-bond donors (Lipinski definition) is 1. The van der Waals surface area contributed by atoms with E-state index in [-0.39, 0.29) is 11.3 Å². The van der Waals surface area contributed by atoms with Gasteiger partial charge in [-0.25, -0.2) is 14.4 Å². The van der Waals surface area contributed by atoms with Gasteiger partial charge in [-0.3, -0.25) is 9.78 Å². The molecular weight excluding hydrogens is 373 g/mol. The lowest BCUT2D eigenvalue weighted by atomic mass is 10.1. The minimum Gasteiger partial charge on any atom is -0.494 e. The number of fused-ring (bicyclic) bond motifs is 1. The van der Waals surface area contributed by atoms with Crippen molar-refractivity contribution in [2.45, 2.75) is 6.54 Å². The predicted octanol–water partition coefficient (Wildman–Crippen LogP) is 3.15. The lowest BCUT2D eigenvalue weighted by Gasteiger charge is -2.12. The van der Waals surface area contributed by atoms with E-state index in [4.69, 9.17) is 4.74 Å². The lowest BCUT2D eigenvalue weighted by Crippen LogP contribution is -2.19. The smallest absolute Gasteiger partial charge is 0.264 e. The molecule has 0 aliphatic carbocycles. The van der Waals surface area contributed by atoms with E-state index in [2.05, 4.69) is 20.3 Å². The highest BCUT2D eigenvalue weighted by Gasteiger charge is 2.14. The molecule has 4 aromatic rings. The first kappa shape index (κ1) is 18.5. The molecule has 8 heteroatoms. The maximum absolute atomic E-state index is 13.8. The van der Waals surface area contributed by atoms with Gasteiger partial charge in [-0.2, -0.15) is 0 Å². The molecule has 0 saturated heterocycles. The van der Waals surface area contributed by atoms with E-state index in [0.29, 0.717) is 34.5 Å². The molecule has 0 aliphatic rings. The number of rotatable bonds is 5. The van der Waals surface area contributed by atoms with Crippen molar-refractivity contribution < 1.29 is 9.13 Å². The fourth-order valence-electron chi connectivity index (χ4n) is 3.00. The number of aromatic nitrogens is 4. The van der Waals surface area contributed by atoms with Gasteiger partial charge in [0.2, 0.25) is 0 Å². The molecule has 29 heavy (non-hydrogen) atoms. The monoisotopic (exact) mass is 391 g/mol. The fraction of sp³-hybridized carbons (Fsp3) is 0.143. The Balaban J connectivity index is 1.85. The second-order valence-electron chi connectivity index (χ2n) is 6.47. The topological polar surface area (TPSA) is 81.9 Å². The second-order valence-corrected chi connectivity index (χ2v) is 6.47. The Morgan fingerprint density at radius 1 is 1.17 bits per heavy atom. The molecule has 0 saturated carbocycles. The number of nitrogens with zero attached hydrogens (tertiary/aromatic N) is 4. The molecule has 0 radical (unpaired) electrons. The number of nitrogens with one attached hydrogen (secondary N) is 1. The van der Waals surface area contributed by atoms with Crippen LogP contribution >= 0.6 is 0 Å². The van der Waals surface area contributed by atoms with Crippen LogP contribution in [0, 0.1) is 5.82 Å². The zero-order valence-electron chi connectivity index (χ0n) is 15.9. The number of methoxy groups -OCH3 is 1. The molecular formula is C21H18FN5O2. The Hall–Kier alpha value is -3.81. The summed E-state index contributed by atoms with van der Waals surface area (Å²) in [5.74, 6) is 0.0685. The van der Waals surface area contributed by atoms with Crippen LogP contribution in [-0.4, -0.2) is 26.6 Å². The van der Waals surface area contributed by atoms with E-state index in [1.54, 1.807) is 37.6 Å². The van der Waals surface area contributed by atoms with Gasteiger partial charge < -0.3 is 14.6 Å². The van der Waals surface area contributed by atoms with Gasteiger partial charge in [-0.15, -0.1) is 0 Å². The van der Waals surface area contributed by atoms with Crippen LogP contribution in [0.15, 0.2) is 59.9 Å². The summed E-state index contributed by atoms with van der Waals surface area (Å²) in [6.45, 7) is 0.457. The van der Waals surface area contributed by atoms with Crippen LogP contribution in [0.2, 0.25) is 0 Å². The van der Waals surface area contributed by atoms with Crippen LogP contribution in [0.4, 0.5) is 10.2 Å². The third-order valence-electron chi connectivity index (χ3n) is 4.56. The van der Waals surface area contributed by atoms with Gasteiger partial charge in [0.05, 0.1) is 24.6 Å². The summed E-state index contributed by atoms with van der Waals surface area (Å²) in [4.78, 5) is 25.7. The summed E-state index contributed by atoms with van der Waals surface area (Å²) in [6.07, 6.45) is 4.86.